The van der Waals surface area contributed by atoms with E-state index in [9.17, 15) is 9.59 Å². The molecule has 1 aliphatic carbocycles. The van der Waals surface area contributed by atoms with Crippen molar-refractivity contribution in [3.05, 3.63) is 59.2 Å². The molecule has 6 nitrogen and oxygen atoms in total. The molecule has 7 heteroatoms. The molecule has 2 aromatic heterocycles. The lowest BCUT2D eigenvalue weighted by Gasteiger charge is -2.27. The molecule has 2 heterocycles. The highest BCUT2D eigenvalue weighted by Gasteiger charge is 2.42. The van der Waals surface area contributed by atoms with Crippen molar-refractivity contribution >= 4 is 28.3 Å². The summed E-state index contributed by atoms with van der Waals surface area (Å²) in [5.41, 5.74) is 1.25. The Hall–Kier alpha value is -2.93. The molecule has 150 valence electrons. The zero-order chi connectivity index (χ0) is 20.3. The maximum Gasteiger partial charge on any atom is 0.236 e. The van der Waals surface area contributed by atoms with E-state index >= 15 is 0 Å². The Kier molecular flexibility index (Phi) is 5.49. The molecule has 1 aliphatic rings. The van der Waals surface area contributed by atoms with Gasteiger partial charge in [-0.05, 0) is 30.5 Å². The lowest BCUT2D eigenvalue weighted by Crippen LogP contribution is -2.37. The molecule has 0 bridgehead atoms. The monoisotopic (exact) mass is 409 g/mol. The summed E-state index contributed by atoms with van der Waals surface area (Å²) in [6, 6.07) is 13.7. The molecule has 0 saturated heterocycles. The average molecular weight is 410 g/mol. The van der Waals surface area contributed by atoms with E-state index in [0.29, 0.717) is 28.9 Å². The van der Waals surface area contributed by atoms with Crippen LogP contribution < -0.4 is 10.6 Å². The normalized spacial score (nSPS) is 15.2. The van der Waals surface area contributed by atoms with Crippen molar-refractivity contribution < 1.29 is 14.0 Å². The first-order valence-corrected chi connectivity index (χ1v) is 10.6. The number of hydrogen-bond acceptors (Lipinski definition) is 5. The molecule has 4 rings (SSSR count). The molecule has 2 N–H and O–H groups in total. The molecular weight excluding hydrogens is 386 g/mol. The van der Waals surface area contributed by atoms with Gasteiger partial charge in [-0.2, -0.15) is 0 Å². The van der Waals surface area contributed by atoms with Crippen molar-refractivity contribution in [2.24, 2.45) is 0 Å². The summed E-state index contributed by atoms with van der Waals surface area (Å²) < 4.78 is 5.74. The van der Waals surface area contributed by atoms with Crippen LogP contribution in [0.2, 0.25) is 0 Å². The van der Waals surface area contributed by atoms with Gasteiger partial charge in [0, 0.05) is 12.3 Å². The molecule has 0 atom stereocenters. The summed E-state index contributed by atoms with van der Waals surface area (Å²) >= 11 is 1.38. The van der Waals surface area contributed by atoms with E-state index in [-0.39, 0.29) is 11.8 Å². The number of hydrogen-bond donors (Lipinski definition) is 2. The largest absolute Gasteiger partial charge is 0.458 e. The summed E-state index contributed by atoms with van der Waals surface area (Å²) in [4.78, 5) is 28.8. The van der Waals surface area contributed by atoms with Crippen molar-refractivity contribution in [1.29, 1.82) is 0 Å². The zero-order valence-corrected chi connectivity index (χ0v) is 17.1. The van der Waals surface area contributed by atoms with E-state index in [2.05, 4.69) is 15.6 Å². The minimum atomic E-state index is -0.483. The Balaban J connectivity index is 1.49. The van der Waals surface area contributed by atoms with Crippen LogP contribution in [0, 0.1) is 0 Å². The Morgan fingerprint density at radius 1 is 1.14 bits per heavy atom. The van der Waals surface area contributed by atoms with Gasteiger partial charge in [0.2, 0.25) is 11.8 Å². The van der Waals surface area contributed by atoms with Gasteiger partial charge in [0.15, 0.2) is 10.9 Å². The second-order valence-corrected chi connectivity index (χ2v) is 8.18. The van der Waals surface area contributed by atoms with Crippen LogP contribution in [0.3, 0.4) is 0 Å². The van der Waals surface area contributed by atoms with Gasteiger partial charge < -0.3 is 15.1 Å². The predicted octanol–water partition coefficient (Wildman–Crippen LogP) is 4.49. The molecule has 0 aliphatic heterocycles. The number of amides is 2. The van der Waals surface area contributed by atoms with E-state index in [1.807, 2.05) is 47.8 Å². The lowest BCUT2D eigenvalue weighted by atomic mass is 9.78. The summed E-state index contributed by atoms with van der Waals surface area (Å²) in [6.45, 7) is 1.80. The minimum absolute atomic E-state index is 0.00731. The number of carbonyl (C=O) groups is 2. The third kappa shape index (κ3) is 4.10. The Labute approximate surface area is 173 Å². The lowest BCUT2D eigenvalue weighted by molar-refractivity contribution is -0.121. The Bertz CT molecular complexity index is 1000. The van der Waals surface area contributed by atoms with Crippen molar-refractivity contribution in [2.45, 2.75) is 44.6 Å². The molecule has 0 radical (unpaired) electrons. The number of nitrogens with zero attached hydrogens (tertiary/aromatic N) is 1. The van der Waals surface area contributed by atoms with E-state index in [4.69, 9.17) is 4.42 Å². The van der Waals surface area contributed by atoms with Crippen LogP contribution in [0.15, 0.2) is 52.3 Å². The number of carbonyl (C=O) groups excluding carboxylic acids is 2. The molecule has 0 spiro atoms. The van der Waals surface area contributed by atoms with Crippen molar-refractivity contribution in [1.82, 2.24) is 10.3 Å². The van der Waals surface area contributed by atoms with Gasteiger partial charge in [0.1, 0.15) is 11.5 Å². The maximum absolute atomic E-state index is 13.2. The number of benzene rings is 1. The SMILES string of the molecule is CC(=O)NCc1ccc(-c2csc(NC(=O)C3(c4ccccc4)CCCC3)n2)o1. The highest BCUT2D eigenvalue weighted by atomic mass is 32.1. The van der Waals surface area contributed by atoms with Crippen LogP contribution in [0.4, 0.5) is 5.13 Å². The molecular formula is C22H23N3O3S. The average Bonchev–Trinajstić information content (AvgIpc) is 3.47. The molecule has 1 fully saturated rings. The third-order valence-electron chi connectivity index (χ3n) is 5.37. The zero-order valence-electron chi connectivity index (χ0n) is 16.2. The minimum Gasteiger partial charge on any atom is -0.458 e. The van der Waals surface area contributed by atoms with E-state index in [1.54, 1.807) is 0 Å². The van der Waals surface area contributed by atoms with Crippen molar-refractivity contribution in [2.75, 3.05) is 5.32 Å². The predicted molar refractivity (Wildman–Crippen MR) is 113 cm³/mol. The van der Waals surface area contributed by atoms with E-state index in [1.165, 1.54) is 18.3 Å². The second-order valence-electron chi connectivity index (χ2n) is 7.32. The van der Waals surface area contributed by atoms with Gasteiger partial charge in [-0.15, -0.1) is 11.3 Å². The standard InChI is InChI=1S/C22H23N3O3S/c1-15(26)23-13-17-9-10-19(28-17)18-14-29-21(24-18)25-20(27)22(11-5-6-12-22)16-7-3-2-4-8-16/h2-4,7-10,14H,5-6,11-13H2,1H3,(H,23,26)(H,24,25,27). The number of rotatable bonds is 6. The number of aromatic nitrogens is 1. The van der Waals surface area contributed by atoms with Gasteiger partial charge in [-0.1, -0.05) is 43.2 Å². The number of anilines is 1. The quantitative estimate of drug-likeness (QED) is 0.628. The third-order valence-corrected chi connectivity index (χ3v) is 6.13. The molecule has 2 amide bonds. The van der Waals surface area contributed by atoms with E-state index < -0.39 is 5.41 Å². The van der Waals surface area contributed by atoms with Gasteiger partial charge in [0.05, 0.1) is 12.0 Å². The number of nitrogens with one attached hydrogen (secondary N) is 2. The summed E-state index contributed by atoms with van der Waals surface area (Å²) in [6.07, 6.45) is 3.81. The van der Waals surface area contributed by atoms with Gasteiger partial charge in [-0.25, -0.2) is 4.98 Å². The topological polar surface area (TPSA) is 84.2 Å². The smallest absolute Gasteiger partial charge is 0.236 e. The summed E-state index contributed by atoms with van der Waals surface area (Å²) in [5.74, 6) is 1.16. The summed E-state index contributed by atoms with van der Waals surface area (Å²) in [5, 5.41) is 8.16. The molecule has 3 aromatic rings. The first-order valence-electron chi connectivity index (χ1n) is 9.73. The van der Waals surface area contributed by atoms with Crippen LogP contribution in [0.1, 0.15) is 43.9 Å². The first kappa shape index (κ1) is 19.4. The van der Waals surface area contributed by atoms with Gasteiger partial charge >= 0.3 is 0 Å². The fourth-order valence-corrected chi connectivity index (χ4v) is 4.56. The van der Waals surface area contributed by atoms with Crippen LogP contribution in [0.5, 0.6) is 0 Å². The molecule has 1 aromatic carbocycles. The fourth-order valence-electron chi connectivity index (χ4n) is 3.87. The van der Waals surface area contributed by atoms with Crippen LogP contribution in [0.25, 0.3) is 11.5 Å². The maximum atomic E-state index is 13.2. The number of furan rings is 1. The molecule has 29 heavy (non-hydrogen) atoms. The Morgan fingerprint density at radius 2 is 1.90 bits per heavy atom. The summed E-state index contributed by atoms with van der Waals surface area (Å²) in [7, 11) is 0. The highest BCUT2D eigenvalue weighted by molar-refractivity contribution is 7.14. The van der Waals surface area contributed by atoms with Crippen LogP contribution >= 0.6 is 11.3 Å². The van der Waals surface area contributed by atoms with E-state index in [0.717, 1.165) is 31.2 Å². The first-order chi connectivity index (χ1) is 14.1. The second kappa shape index (κ2) is 8.21. The van der Waals surface area contributed by atoms with Gasteiger partial charge in [-0.3, -0.25) is 9.59 Å². The van der Waals surface area contributed by atoms with Crippen LogP contribution in [-0.4, -0.2) is 16.8 Å². The van der Waals surface area contributed by atoms with Crippen molar-refractivity contribution in [3.8, 4) is 11.5 Å². The van der Waals surface area contributed by atoms with Crippen molar-refractivity contribution in [3.63, 3.8) is 0 Å². The van der Waals surface area contributed by atoms with Crippen LogP contribution in [-0.2, 0) is 21.5 Å². The highest BCUT2D eigenvalue weighted by Crippen LogP contribution is 2.42. The Morgan fingerprint density at radius 3 is 2.62 bits per heavy atom. The molecule has 1 saturated carbocycles. The number of thiazole rings is 1. The van der Waals surface area contributed by atoms with Gasteiger partial charge in [0.25, 0.3) is 0 Å². The fraction of sp³-hybridized carbons (Fsp3) is 0.318. The molecule has 0 unspecified atom stereocenters.